The lowest BCUT2D eigenvalue weighted by atomic mass is 10.1. The molecule has 0 fully saturated rings. The number of nitrogens with one attached hydrogen (secondary N) is 1. The Balaban J connectivity index is 2.22. The molecule has 0 spiro atoms. The standard InChI is InChI=1S/C19H21BrN2O2/c1-12-8-9-17(16(20)10-12)21-18(24)11-22(15(4)23)19-13(2)6-5-7-14(19)3/h5-10H,11H2,1-4H3,(H,21,24). The summed E-state index contributed by atoms with van der Waals surface area (Å²) in [6, 6.07) is 11.5. The zero-order chi connectivity index (χ0) is 17.9. The van der Waals surface area contributed by atoms with Crippen molar-refractivity contribution in [1.29, 1.82) is 0 Å². The molecule has 2 aromatic rings. The molecule has 0 unspecified atom stereocenters. The van der Waals surface area contributed by atoms with Gasteiger partial charge in [0.15, 0.2) is 0 Å². The molecule has 1 N–H and O–H groups in total. The van der Waals surface area contributed by atoms with Crippen molar-refractivity contribution in [2.45, 2.75) is 27.7 Å². The van der Waals surface area contributed by atoms with Crippen LogP contribution in [0.4, 0.5) is 11.4 Å². The van der Waals surface area contributed by atoms with E-state index < -0.39 is 0 Å². The summed E-state index contributed by atoms with van der Waals surface area (Å²) in [5.74, 6) is -0.400. The van der Waals surface area contributed by atoms with Crippen LogP contribution in [0.2, 0.25) is 0 Å². The summed E-state index contributed by atoms with van der Waals surface area (Å²) in [6.07, 6.45) is 0. The van der Waals surface area contributed by atoms with Crippen LogP contribution in [0.15, 0.2) is 40.9 Å². The Morgan fingerprint density at radius 2 is 1.71 bits per heavy atom. The summed E-state index contributed by atoms with van der Waals surface area (Å²) in [4.78, 5) is 26.0. The predicted molar refractivity (Wildman–Crippen MR) is 101 cm³/mol. The summed E-state index contributed by atoms with van der Waals surface area (Å²) in [5.41, 5.74) is 4.52. The number of aryl methyl sites for hydroxylation is 3. The second kappa shape index (κ2) is 7.62. The van der Waals surface area contributed by atoms with Gasteiger partial charge in [0.25, 0.3) is 0 Å². The first-order chi connectivity index (χ1) is 11.3. The van der Waals surface area contributed by atoms with Crippen LogP contribution in [0.3, 0.4) is 0 Å². The highest BCUT2D eigenvalue weighted by atomic mass is 79.9. The smallest absolute Gasteiger partial charge is 0.244 e. The summed E-state index contributed by atoms with van der Waals surface area (Å²) in [7, 11) is 0. The molecule has 2 amide bonds. The van der Waals surface area contributed by atoms with E-state index in [0.717, 1.165) is 26.9 Å². The number of benzene rings is 2. The summed E-state index contributed by atoms with van der Waals surface area (Å²) in [5, 5.41) is 2.85. The average Bonchev–Trinajstić information content (AvgIpc) is 2.48. The van der Waals surface area contributed by atoms with E-state index in [1.54, 1.807) is 0 Å². The lowest BCUT2D eigenvalue weighted by Crippen LogP contribution is -2.37. The van der Waals surface area contributed by atoms with Gasteiger partial charge in [-0.3, -0.25) is 9.59 Å². The number of rotatable bonds is 4. The topological polar surface area (TPSA) is 49.4 Å². The second-order valence-corrected chi connectivity index (χ2v) is 6.73. The molecule has 4 nitrogen and oxygen atoms in total. The van der Waals surface area contributed by atoms with Crippen LogP contribution in [0.1, 0.15) is 23.6 Å². The van der Waals surface area contributed by atoms with Crippen LogP contribution in [-0.4, -0.2) is 18.4 Å². The first-order valence-electron chi connectivity index (χ1n) is 7.70. The van der Waals surface area contributed by atoms with Crippen molar-refractivity contribution in [1.82, 2.24) is 0 Å². The molecule has 2 aromatic carbocycles. The highest BCUT2D eigenvalue weighted by Crippen LogP contribution is 2.26. The maximum absolute atomic E-state index is 12.4. The quantitative estimate of drug-likeness (QED) is 0.845. The van der Waals surface area contributed by atoms with Crippen molar-refractivity contribution in [3.05, 3.63) is 57.6 Å². The van der Waals surface area contributed by atoms with Crippen molar-refractivity contribution in [3.8, 4) is 0 Å². The predicted octanol–water partition coefficient (Wildman–Crippen LogP) is 4.37. The minimum Gasteiger partial charge on any atom is -0.324 e. The van der Waals surface area contributed by atoms with Gasteiger partial charge in [-0.1, -0.05) is 24.3 Å². The van der Waals surface area contributed by atoms with Crippen molar-refractivity contribution in [2.75, 3.05) is 16.8 Å². The van der Waals surface area contributed by atoms with Gasteiger partial charge in [0.05, 0.1) is 11.4 Å². The third-order valence-corrected chi connectivity index (χ3v) is 4.45. The van der Waals surface area contributed by atoms with Gasteiger partial charge in [0.1, 0.15) is 6.54 Å². The normalized spacial score (nSPS) is 10.4. The van der Waals surface area contributed by atoms with E-state index in [1.165, 1.54) is 11.8 Å². The van der Waals surface area contributed by atoms with Crippen LogP contribution in [0.25, 0.3) is 0 Å². The number of nitrogens with zero attached hydrogens (tertiary/aromatic N) is 1. The Kier molecular flexibility index (Phi) is 5.78. The van der Waals surface area contributed by atoms with Crippen LogP contribution in [-0.2, 0) is 9.59 Å². The molecule has 24 heavy (non-hydrogen) atoms. The van der Waals surface area contributed by atoms with Gasteiger partial charge in [-0.25, -0.2) is 0 Å². The first kappa shape index (κ1) is 18.2. The molecule has 0 aliphatic rings. The van der Waals surface area contributed by atoms with Crippen LogP contribution < -0.4 is 10.2 Å². The Morgan fingerprint density at radius 1 is 1.08 bits per heavy atom. The monoisotopic (exact) mass is 388 g/mol. The lowest BCUT2D eigenvalue weighted by Gasteiger charge is -2.24. The summed E-state index contributed by atoms with van der Waals surface area (Å²) < 4.78 is 0.817. The van der Waals surface area contributed by atoms with Crippen LogP contribution >= 0.6 is 15.9 Å². The van der Waals surface area contributed by atoms with Gasteiger partial charge in [-0.05, 0) is 65.5 Å². The average molecular weight is 389 g/mol. The van der Waals surface area contributed by atoms with E-state index in [2.05, 4.69) is 21.2 Å². The summed E-state index contributed by atoms with van der Waals surface area (Å²) >= 11 is 3.44. The molecule has 0 atom stereocenters. The zero-order valence-corrected chi connectivity index (χ0v) is 15.9. The van der Waals surface area contributed by atoms with Crippen molar-refractivity contribution < 1.29 is 9.59 Å². The number of para-hydroxylation sites is 1. The third kappa shape index (κ3) is 4.23. The number of hydrogen-bond acceptors (Lipinski definition) is 2. The van der Waals surface area contributed by atoms with Gasteiger partial charge in [0, 0.05) is 11.4 Å². The minimum absolute atomic E-state index is 0.0264. The van der Waals surface area contributed by atoms with E-state index in [0.29, 0.717) is 5.69 Å². The van der Waals surface area contributed by atoms with E-state index in [1.807, 2.05) is 57.2 Å². The lowest BCUT2D eigenvalue weighted by molar-refractivity contribution is -0.120. The van der Waals surface area contributed by atoms with Gasteiger partial charge in [0.2, 0.25) is 11.8 Å². The molecule has 0 aliphatic heterocycles. The highest BCUT2D eigenvalue weighted by molar-refractivity contribution is 9.10. The van der Waals surface area contributed by atoms with Gasteiger partial charge in [-0.15, -0.1) is 0 Å². The SMILES string of the molecule is CC(=O)N(CC(=O)Nc1ccc(C)cc1Br)c1c(C)cccc1C. The molecular weight excluding hydrogens is 368 g/mol. The molecule has 0 aliphatic carbocycles. The number of hydrogen-bond donors (Lipinski definition) is 1. The van der Waals surface area contributed by atoms with E-state index in [4.69, 9.17) is 0 Å². The largest absolute Gasteiger partial charge is 0.324 e. The number of halogens is 1. The maximum Gasteiger partial charge on any atom is 0.244 e. The molecule has 0 saturated carbocycles. The third-order valence-electron chi connectivity index (χ3n) is 3.79. The van der Waals surface area contributed by atoms with Crippen molar-refractivity contribution in [2.24, 2.45) is 0 Å². The molecule has 0 heterocycles. The molecule has 0 radical (unpaired) electrons. The van der Waals surface area contributed by atoms with Gasteiger partial charge in [-0.2, -0.15) is 0 Å². The Hall–Kier alpha value is -2.14. The Morgan fingerprint density at radius 3 is 2.25 bits per heavy atom. The Labute approximate surface area is 151 Å². The number of carbonyl (C=O) groups excluding carboxylic acids is 2. The number of amides is 2. The molecule has 2 rings (SSSR count). The van der Waals surface area contributed by atoms with Crippen molar-refractivity contribution in [3.63, 3.8) is 0 Å². The van der Waals surface area contributed by atoms with Crippen LogP contribution in [0, 0.1) is 20.8 Å². The molecular formula is C19H21BrN2O2. The fourth-order valence-electron chi connectivity index (χ4n) is 2.63. The molecule has 0 bridgehead atoms. The fraction of sp³-hybridized carbons (Fsp3) is 0.263. The molecule has 5 heteroatoms. The van der Waals surface area contributed by atoms with Gasteiger partial charge < -0.3 is 10.2 Å². The first-order valence-corrected chi connectivity index (χ1v) is 8.49. The minimum atomic E-state index is -0.239. The maximum atomic E-state index is 12.4. The van der Waals surface area contributed by atoms with Crippen molar-refractivity contribution >= 4 is 39.1 Å². The second-order valence-electron chi connectivity index (χ2n) is 5.88. The van der Waals surface area contributed by atoms with Gasteiger partial charge >= 0.3 is 0 Å². The Bertz CT molecular complexity index is 767. The van der Waals surface area contributed by atoms with E-state index in [-0.39, 0.29) is 18.4 Å². The van der Waals surface area contributed by atoms with E-state index >= 15 is 0 Å². The van der Waals surface area contributed by atoms with E-state index in [9.17, 15) is 9.59 Å². The molecule has 0 saturated heterocycles. The van der Waals surface area contributed by atoms with Crippen LogP contribution in [0.5, 0.6) is 0 Å². The highest BCUT2D eigenvalue weighted by Gasteiger charge is 2.19. The summed E-state index contributed by atoms with van der Waals surface area (Å²) in [6.45, 7) is 7.30. The molecule has 0 aromatic heterocycles. The zero-order valence-electron chi connectivity index (χ0n) is 14.3. The number of anilines is 2. The molecule has 126 valence electrons. The fourth-order valence-corrected chi connectivity index (χ4v) is 3.23. The number of carbonyl (C=O) groups is 2.